The maximum absolute atomic E-state index is 14.9. The van der Waals surface area contributed by atoms with Crippen molar-refractivity contribution in [2.75, 3.05) is 16.4 Å². The van der Waals surface area contributed by atoms with Gasteiger partial charge in [0, 0.05) is 17.8 Å². The number of carbonyl (C=O) groups excluding carboxylic acids is 1. The minimum absolute atomic E-state index is 0.0951. The molecule has 0 spiro atoms. The van der Waals surface area contributed by atoms with Crippen LogP contribution in [0.2, 0.25) is 0 Å². The molecule has 0 radical (unpaired) electrons. The van der Waals surface area contributed by atoms with Gasteiger partial charge in [-0.1, -0.05) is 11.2 Å². The van der Waals surface area contributed by atoms with Crippen LogP contribution in [0.3, 0.4) is 0 Å². The van der Waals surface area contributed by atoms with Crippen LogP contribution >= 0.6 is 0 Å². The summed E-state index contributed by atoms with van der Waals surface area (Å²) < 4.78 is 61.4. The van der Waals surface area contributed by atoms with Gasteiger partial charge < -0.3 is 15.6 Å². The fourth-order valence-electron chi connectivity index (χ4n) is 4.31. The van der Waals surface area contributed by atoms with Crippen LogP contribution in [0.1, 0.15) is 37.4 Å². The number of hydrogen-bond donors (Lipinski definition) is 3. The number of rotatable bonds is 5. The lowest BCUT2D eigenvalue weighted by atomic mass is 10.0. The van der Waals surface area contributed by atoms with Crippen molar-refractivity contribution in [3.63, 3.8) is 0 Å². The minimum Gasteiger partial charge on any atom is -0.383 e. The normalized spacial score (nSPS) is 16.8. The van der Waals surface area contributed by atoms with Gasteiger partial charge in [-0.05, 0) is 43.9 Å². The minimum atomic E-state index is -4.46. The zero-order valence-corrected chi connectivity index (χ0v) is 18.6. The molecule has 0 saturated heterocycles. The first-order valence-electron chi connectivity index (χ1n) is 11.2. The number of amides is 2. The van der Waals surface area contributed by atoms with Crippen LogP contribution in [0.5, 0.6) is 0 Å². The van der Waals surface area contributed by atoms with E-state index in [-0.39, 0.29) is 42.0 Å². The van der Waals surface area contributed by atoms with Crippen molar-refractivity contribution in [3.05, 3.63) is 48.0 Å². The van der Waals surface area contributed by atoms with Gasteiger partial charge in [0.1, 0.15) is 28.4 Å². The Labute approximate surface area is 200 Å². The van der Waals surface area contributed by atoms with Crippen molar-refractivity contribution in [2.24, 2.45) is 0 Å². The highest BCUT2D eigenvalue weighted by molar-refractivity contribution is 6.01. The standard InChI is InChI=1S/C23H19F4N7O2/c24-13-9-11(19-18-15(5-8-29-20(18)28)34(32-19)12-2-3-12)1-4-14(13)30-21(35)31-17-10-16(33-36-17)22(6-7-22)23(25,26)27/h1,4-5,8-10,12H,2-3,6-7H2,(H2,28,29)(H2,30,31,35). The van der Waals surface area contributed by atoms with E-state index in [9.17, 15) is 22.4 Å². The topological polar surface area (TPSA) is 124 Å². The number of nitrogens with two attached hydrogens (primary N) is 1. The Bertz CT molecular complexity index is 1500. The molecule has 2 aliphatic carbocycles. The van der Waals surface area contributed by atoms with E-state index >= 15 is 0 Å². The Morgan fingerprint density at radius 2 is 1.94 bits per heavy atom. The number of hydrogen-bond acceptors (Lipinski definition) is 6. The van der Waals surface area contributed by atoms with E-state index in [1.54, 1.807) is 12.3 Å². The van der Waals surface area contributed by atoms with Crippen molar-refractivity contribution in [3.8, 4) is 11.3 Å². The summed E-state index contributed by atoms with van der Waals surface area (Å²) in [5.41, 5.74) is 5.34. The highest BCUT2D eigenvalue weighted by Crippen LogP contribution is 2.58. The van der Waals surface area contributed by atoms with Gasteiger partial charge in [0.15, 0.2) is 0 Å². The summed E-state index contributed by atoms with van der Waals surface area (Å²) in [6.45, 7) is 0. The van der Waals surface area contributed by atoms with Gasteiger partial charge in [-0.2, -0.15) is 18.3 Å². The summed E-state index contributed by atoms with van der Waals surface area (Å²) >= 11 is 0. The first-order valence-corrected chi connectivity index (χ1v) is 11.2. The number of nitrogens with one attached hydrogen (secondary N) is 2. The molecular formula is C23H19F4N7O2. The molecule has 2 aliphatic rings. The van der Waals surface area contributed by atoms with Crippen molar-refractivity contribution in [1.29, 1.82) is 0 Å². The Morgan fingerprint density at radius 1 is 1.17 bits per heavy atom. The molecule has 9 nitrogen and oxygen atoms in total. The number of carbonyl (C=O) groups is 1. The van der Waals surface area contributed by atoms with E-state index in [0.717, 1.165) is 24.4 Å². The lowest BCUT2D eigenvalue weighted by molar-refractivity contribution is -0.161. The highest BCUT2D eigenvalue weighted by Gasteiger charge is 2.66. The average Bonchev–Trinajstić information content (AvgIpc) is 3.74. The van der Waals surface area contributed by atoms with Crippen LogP contribution < -0.4 is 16.4 Å². The fourth-order valence-corrected chi connectivity index (χ4v) is 4.31. The Morgan fingerprint density at radius 3 is 2.61 bits per heavy atom. The number of fused-ring (bicyclic) bond motifs is 1. The Balaban J connectivity index is 1.21. The van der Waals surface area contributed by atoms with E-state index in [1.807, 2.05) is 10.7 Å². The highest BCUT2D eigenvalue weighted by atomic mass is 19.4. The van der Waals surface area contributed by atoms with Crippen LogP contribution in [-0.2, 0) is 5.41 Å². The van der Waals surface area contributed by atoms with E-state index in [4.69, 9.17) is 10.3 Å². The maximum Gasteiger partial charge on any atom is 0.400 e. The molecule has 0 bridgehead atoms. The summed E-state index contributed by atoms with van der Waals surface area (Å²) in [5.74, 6) is -0.747. The second-order valence-electron chi connectivity index (χ2n) is 9.04. The summed E-state index contributed by atoms with van der Waals surface area (Å²) in [6, 6.07) is 6.35. The zero-order valence-electron chi connectivity index (χ0n) is 18.6. The molecule has 4 N–H and O–H groups in total. The fraction of sp³-hybridized carbons (Fsp3) is 0.304. The Kier molecular flexibility index (Phi) is 4.75. The molecule has 6 rings (SSSR count). The third-order valence-electron chi connectivity index (χ3n) is 6.56. The van der Waals surface area contributed by atoms with E-state index < -0.39 is 23.4 Å². The molecule has 0 atom stereocenters. The molecule has 13 heteroatoms. The number of aromatic nitrogens is 4. The van der Waals surface area contributed by atoms with E-state index in [1.165, 1.54) is 12.1 Å². The molecule has 3 heterocycles. The summed E-state index contributed by atoms with van der Waals surface area (Å²) in [6.07, 6.45) is -1.07. The molecule has 2 amide bonds. The van der Waals surface area contributed by atoms with Gasteiger partial charge in [0.25, 0.3) is 0 Å². The molecule has 186 valence electrons. The summed E-state index contributed by atoms with van der Waals surface area (Å²) in [7, 11) is 0. The SMILES string of the molecule is Nc1nccc2c1c(-c1ccc(NC(=O)Nc3cc(C4(C(F)(F)F)CC4)no3)c(F)c1)nn2C1CC1. The third kappa shape index (κ3) is 3.62. The predicted molar refractivity (Wildman–Crippen MR) is 122 cm³/mol. The first kappa shape index (κ1) is 22.3. The van der Waals surface area contributed by atoms with Crippen LogP contribution in [0.4, 0.5) is 39.7 Å². The van der Waals surface area contributed by atoms with Crippen LogP contribution in [-0.4, -0.2) is 32.1 Å². The van der Waals surface area contributed by atoms with Crippen molar-refractivity contribution >= 4 is 34.3 Å². The molecule has 4 aromatic rings. The van der Waals surface area contributed by atoms with Crippen molar-refractivity contribution in [2.45, 2.75) is 43.3 Å². The van der Waals surface area contributed by atoms with Crippen molar-refractivity contribution < 1.29 is 26.9 Å². The quantitative estimate of drug-likeness (QED) is 0.316. The van der Waals surface area contributed by atoms with Crippen LogP contribution in [0.15, 0.2) is 41.1 Å². The lowest BCUT2D eigenvalue weighted by Crippen LogP contribution is -2.28. The third-order valence-corrected chi connectivity index (χ3v) is 6.56. The molecule has 2 fully saturated rings. The maximum atomic E-state index is 14.9. The van der Waals surface area contributed by atoms with Gasteiger partial charge in [-0.15, -0.1) is 0 Å². The number of benzene rings is 1. The molecule has 0 unspecified atom stereocenters. The average molecular weight is 501 g/mol. The zero-order chi connectivity index (χ0) is 25.2. The van der Waals surface area contributed by atoms with Crippen molar-refractivity contribution in [1.82, 2.24) is 19.9 Å². The summed E-state index contributed by atoms with van der Waals surface area (Å²) in [4.78, 5) is 16.5. The first-order chi connectivity index (χ1) is 17.2. The molecular weight excluding hydrogens is 482 g/mol. The summed E-state index contributed by atoms with van der Waals surface area (Å²) in [5, 5.41) is 13.3. The number of pyridine rings is 1. The van der Waals surface area contributed by atoms with Gasteiger partial charge in [-0.3, -0.25) is 10.00 Å². The Hall–Kier alpha value is -4.16. The van der Waals surface area contributed by atoms with Gasteiger partial charge >= 0.3 is 12.2 Å². The number of urea groups is 1. The number of halogens is 4. The predicted octanol–water partition coefficient (Wildman–Crippen LogP) is 5.38. The van der Waals surface area contributed by atoms with Gasteiger partial charge in [0.2, 0.25) is 5.88 Å². The largest absolute Gasteiger partial charge is 0.400 e. The van der Waals surface area contributed by atoms with Gasteiger partial charge in [-0.25, -0.2) is 14.2 Å². The van der Waals surface area contributed by atoms with Crippen LogP contribution in [0, 0.1) is 5.82 Å². The second kappa shape index (κ2) is 7.67. The lowest BCUT2D eigenvalue weighted by Gasteiger charge is -2.15. The second-order valence-corrected chi connectivity index (χ2v) is 9.04. The molecule has 36 heavy (non-hydrogen) atoms. The van der Waals surface area contributed by atoms with Crippen LogP contribution in [0.25, 0.3) is 22.2 Å². The molecule has 1 aromatic carbocycles. The number of nitrogens with zero attached hydrogens (tertiary/aromatic N) is 4. The molecule has 3 aromatic heterocycles. The smallest absolute Gasteiger partial charge is 0.383 e. The number of alkyl halides is 3. The molecule has 2 saturated carbocycles. The van der Waals surface area contributed by atoms with E-state index in [2.05, 4.69) is 25.9 Å². The molecule has 0 aliphatic heterocycles. The number of anilines is 3. The number of nitrogen functional groups attached to an aromatic ring is 1. The monoisotopic (exact) mass is 501 g/mol. The van der Waals surface area contributed by atoms with Gasteiger partial charge in [0.05, 0.1) is 22.6 Å². The van der Waals surface area contributed by atoms with E-state index in [0.29, 0.717) is 16.6 Å².